The van der Waals surface area contributed by atoms with Gasteiger partial charge < -0.3 is 44.3 Å². The number of rotatable bonds is 9. The van der Waals surface area contributed by atoms with Gasteiger partial charge in [-0.15, -0.1) is 0 Å². The summed E-state index contributed by atoms with van der Waals surface area (Å²) in [5.41, 5.74) is -8.10. The van der Waals surface area contributed by atoms with Gasteiger partial charge in [0.05, 0.1) is 35.6 Å². The number of Topliss-reactive ketones (excluding diaryl/α,β-unsaturated/α-hetero) is 1. The van der Waals surface area contributed by atoms with Crippen molar-refractivity contribution in [2.24, 2.45) is 22.2 Å². The first-order chi connectivity index (χ1) is 27.9. The molecule has 0 radical (unpaired) electrons. The van der Waals surface area contributed by atoms with Crippen LogP contribution in [0, 0.1) is 22.2 Å². The summed E-state index contributed by atoms with van der Waals surface area (Å²) in [6, 6.07) is 14.9. The molecule has 1 aliphatic heterocycles. The SMILES string of the molecule is CC(=O)O[C@H]1C(=O)[C@@]2(C)C([C@H](OC(=O)c3ccccc3)[C@]3(O)CC(OC(=O)C(O)[C@@H](NC(=O)C(C)(C)C)c4ccccc4)C(C)=C1C3(C)C)[C@]1(OC(C)=O)COC1C[C@@H]2O. The topological polar surface area (TPSA) is 221 Å². The molecule has 2 saturated carbocycles. The molecule has 11 atom stereocenters. The first kappa shape index (κ1) is 44.6. The van der Waals surface area contributed by atoms with E-state index in [1.54, 1.807) is 83.1 Å². The summed E-state index contributed by atoms with van der Waals surface area (Å²) in [5.74, 6) is -6.67. The van der Waals surface area contributed by atoms with Crippen LogP contribution in [-0.4, -0.2) is 105 Å². The molecule has 3 aliphatic carbocycles. The van der Waals surface area contributed by atoms with Gasteiger partial charge in [0.1, 0.15) is 23.9 Å². The Morgan fingerprint density at radius 1 is 0.900 bits per heavy atom. The molecule has 2 bridgehead atoms. The minimum absolute atomic E-state index is 0.00513. The lowest BCUT2D eigenvalue weighted by molar-refractivity contribution is -0.346. The third-order valence-electron chi connectivity index (χ3n) is 13.1. The van der Waals surface area contributed by atoms with Gasteiger partial charge in [0.2, 0.25) is 5.91 Å². The quantitative estimate of drug-likeness (QED) is 0.162. The lowest BCUT2D eigenvalue weighted by atomic mass is 9.44. The molecule has 1 heterocycles. The molecule has 4 N–H and O–H groups in total. The van der Waals surface area contributed by atoms with Crippen molar-refractivity contribution in [2.75, 3.05) is 6.61 Å². The zero-order valence-corrected chi connectivity index (χ0v) is 35.3. The fourth-order valence-electron chi connectivity index (χ4n) is 9.73. The number of benzene rings is 2. The van der Waals surface area contributed by atoms with E-state index in [0.29, 0.717) is 5.56 Å². The number of carbonyl (C=O) groups is 6. The molecule has 0 spiro atoms. The molecule has 1 saturated heterocycles. The number of esters is 4. The van der Waals surface area contributed by atoms with Crippen molar-refractivity contribution in [3.05, 3.63) is 82.9 Å². The summed E-state index contributed by atoms with van der Waals surface area (Å²) in [6.45, 7) is 13.0. The van der Waals surface area contributed by atoms with Crippen LogP contribution in [0.25, 0.3) is 0 Å². The molecular weight excluding hydrogens is 778 g/mol. The molecule has 2 aromatic carbocycles. The molecule has 0 aromatic heterocycles. The Morgan fingerprint density at radius 3 is 2.03 bits per heavy atom. The number of ether oxygens (including phenoxy) is 5. The minimum Gasteiger partial charge on any atom is -0.456 e. The van der Waals surface area contributed by atoms with Crippen LogP contribution < -0.4 is 5.32 Å². The van der Waals surface area contributed by atoms with E-state index in [-0.39, 0.29) is 29.7 Å². The van der Waals surface area contributed by atoms with Crippen molar-refractivity contribution in [2.45, 2.75) is 129 Å². The highest BCUT2D eigenvalue weighted by Gasteiger charge is 2.78. The highest BCUT2D eigenvalue weighted by Crippen LogP contribution is 2.64. The van der Waals surface area contributed by atoms with E-state index < -0.39 is 118 Å². The monoisotopic (exact) mass is 833 g/mol. The highest BCUT2D eigenvalue weighted by atomic mass is 16.6. The van der Waals surface area contributed by atoms with E-state index in [1.807, 2.05) is 0 Å². The average Bonchev–Trinajstić information content (AvgIpc) is 3.17. The second kappa shape index (κ2) is 15.8. The van der Waals surface area contributed by atoms with Gasteiger partial charge in [-0.05, 0) is 42.7 Å². The first-order valence-electron chi connectivity index (χ1n) is 20.1. The zero-order valence-electron chi connectivity index (χ0n) is 35.3. The van der Waals surface area contributed by atoms with Gasteiger partial charge >= 0.3 is 23.9 Å². The van der Waals surface area contributed by atoms with Gasteiger partial charge in [0.25, 0.3) is 0 Å². The van der Waals surface area contributed by atoms with Crippen molar-refractivity contribution >= 4 is 35.6 Å². The van der Waals surface area contributed by atoms with Crippen molar-refractivity contribution in [3.8, 4) is 0 Å². The van der Waals surface area contributed by atoms with E-state index >= 15 is 4.79 Å². The van der Waals surface area contributed by atoms with Gasteiger partial charge in [0, 0.05) is 37.5 Å². The number of nitrogens with one attached hydrogen (secondary N) is 1. The first-order valence-corrected chi connectivity index (χ1v) is 20.1. The van der Waals surface area contributed by atoms with Crippen molar-refractivity contribution in [1.82, 2.24) is 5.32 Å². The smallest absolute Gasteiger partial charge is 0.338 e. The van der Waals surface area contributed by atoms with Crippen LogP contribution in [0.15, 0.2) is 71.8 Å². The Hall–Kier alpha value is -4.96. The maximum atomic E-state index is 15.4. The number of hydrogen-bond donors (Lipinski definition) is 4. The molecule has 6 rings (SSSR count). The summed E-state index contributed by atoms with van der Waals surface area (Å²) in [6.07, 6.45) is -10.4. The summed E-state index contributed by atoms with van der Waals surface area (Å²) in [7, 11) is 0. The fourth-order valence-corrected chi connectivity index (χ4v) is 9.73. The summed E-state index contributed by atoms with van der Waals surface area (Å²) in [4.78, 5) is 83.1. The number of aliphatic hydroxyl groups excluding tert-OH is 2. The molecule has 1 amide bonds. The van der Waals surface area contributed by atoms with E-state index in [4.69, 9.17) is 23.7 Å². The molecule has 15 heteroatoms. The Labute approximate surface area is 348 Å². The Morgan fingerprint density at radius 2 is 1.50 bits per heavy atom. The van der Waals surface area contributed by atoms with Gasteiger partial charge in [-0.2, -0.15) is 0 Å². The zero-order chi connectivity index (χ0) is 44.3. The maximum Gasteiger partial charge on any atom is 0.338 e. The van der Waals surface area contributed by atoms with Gasteiger partial charge in [-0.1, -0.05) is 83.1 Å². The third kappa shape index (κ3) is 7.32. The molecule has 3 fully saturated rings. The van der Waals surface area contributed by atoms with Gasteiger partial charge in [-0.3, -0.25) is 19.2 Å². The third-order valence-corrected chi connectivity index (χ3v) is 13.1. The van der Waals surface area contributed by atoms with Crippen LogP contribution in [0.5, 0.6) is 0 Å². The van der Waals surface area contributed by atoms with Crippen LogP contribution in [-0.2, 0) is 47.7 Å². The molecule has 2 aromatic rings. The second-order valence-electron chi connectivity index (χ2n) is 18.2. The summed E-state index contributed by atoms with van der Waals surface area (Å²) >= 11 is 0. The largest absolute Gasteiger partial charge is 0.456 e. The van der Waals surface area contributed by atoms with Crippen LogP contribution in [0.2, 0.25) is 0 Å². The van der Waals surface area contributed by atoms with Crippen molar-refractivity contribution < 1.29 is 67.8 Å². The fraction of sp³-hybridized carbons (Fsp3) is 0.556. The summed E-state index contributed by atoms with van der Waals surface area (Å²) in [5, 5.41) is 40.1. The Kier molecular flexibility index (Phi) is 11.8. The standard InChI is InChI=1S/C45H55NO14/c1-23-28(58-39(53)33(50)32(26-16-12-10-13-17-26)46-40(54)41(4,5)6)21-45(55)37(59-38(52)27-18-14-11-15-19-27)35-43(9,29(49)20-30-44(35,22-56-30)60-25(3)48)36(51)34(57-24(2)47)31(23)42(45,7)8/h10-19,28-30,32-35,37,49-50,55H,20-22H2,1-9H3,(H,46,54)/t28?,29-,30?,32-,33?,34+,35?,37-,43+,44-,45+/m0/s1. The number of carbonyl (C=O) groups excluding carboxylic acids is 6. The number of fused-ring (bicyclic) bond motifs is 5. The van der Waals surface area contributed by atoms with Crippen molar-refractivity contribution in [1.29, 1.82) is 0 Å². The van der Waals surface area contributed by atoms with Gasteiger partial charge in [0.15, 0.2) is 23.6 Å². The van der Waals surface area contributed by atoms with Crippen LogP contribution in [0.1, 0.15) is 97.1 Å². The van der Waals surface area contributed by atoms with Crippen LogP contribution in [0.3, 0.4) is 0 Å². The predicted octanol–water partition coefficient (Wildman–Crippen LogP) is 3.47. The molecule has 4 aliphatic rings. The van der Waals surface area contributed by atoms with E-state index in [2.05, 4.69) is 5.32 Å². The Bertz CT molecular complexity index is 2080. The Balaban J connectivity index is 1.56. The lowest BCUT2D eigenvalue weighted by Gasteiger charge is -2.67. The predicted molar refractivity (Wildman–Crippen MR) is 211 cm³/mol. The molecule has 4 unspecified atom stereocenters. The number of hydrogen-bond acceptors (Lipinski definition) is 14. The number of amides is 1. The number of ketones is 1. The van der Waals surface area contributed by atoms with Crippen LogP contribution in [0.4, 0.5) is 0 Å². The van der Waals surface area contributed by atoms with Gasteiger partial charge in [-0.25, -0.2) is 9.59 Å². The normalized spacial score (nSPS) is 32.9. The lowest BCUT2D eigenvalue weighted by Crippen LogP contribution is -2.82. The molecular formula is C45H55NO14. The minimum atomic E-state index is -2.38. The molecule has 15 nitrogen and oxygen atoms in total. The average molecular weight is 834 g/mol. The van der Waals surface area contributed by atoms with E-state index in [0.717, 1.165) is 13.8 Å². The highest BCUT2D eigenvalue weighted by molar-refractivity contribution is 5.95. The molecule has 60 heavy (non-hydrogen) atoms. The van der Waals surface area contributed by atoms with E-state index in [9.17, 15) is 39.3 Å². The maximum absolute atomic E-state index is 15.4. The van der Waals surface area contributed by atoms with Crippen LogP contribution >= 0.6 is 0 Å². The molecule has 324 valence electrons. The summed E-state index contributed by atoms with van der Waals surface area (Å²) < 4.78 is 30.2. The second-order valence-corrected chi connectivity index (χ2v) is 18.2. The van der Waals surface area contributed by atoms with Crippen molar-refractivity contribution in [3.63, 3.8) is 0 Å². The van der Waals surface area contributed by atoms with E-state index in [1.165, 1.54) is 26.0 Å². The number of aliphatic hydroxyl groups is 3.